The van der Waals surface area contributed by atoms with Gasteiger partial charge in [-0.25, -0.2) is 4.39 Å². The van der Waals surface area contributed by atoms with Crippen LogP contribution in [0.4, 0.5) is 10.1 Å². The molecule has 0 atom stereocenters. The molecule has 86 valence electrons. The van der Waals surface area contributed by atoms with Crippen molar-refractivity contribution in [1.82, 2.24) is 0 Å². The van der Waals surface area contributed by atoms with E-state index in [-0.39, 0.29) is 24.1 Å². The monoisotopic (exact) mass is 226 g/mol. The van der Waals surface area contributed by atoms with E-state index in [0.717, 1.165) is 18.2 Å². The number of hydrogen-bond donors (Lipinski definition) is 2. The van der Waals surface area contributed by atoms with Crippen LogP contribution in [0.15, 0.2) is 18.2 Å². The smallest absolute Gasteiger partial charge is 0.274 e. The highest BCUT2D eigenvalue weighted by molar-refractivity contribution is 5.46. The molecule has 0 amide bonds. The Morgan fingerprint density at radius 3 is 2.69 bits per heavy atom. The van der Waals surface area contributed by atoms with E-state index in [1.165, 1.54) is 0 Å². The van der Waals surface area contributed by atoms with Gasteiger partial charge in [0.1, 0.15) is 5.82 Å². The number of halogens is 1. The third-order valence-electron chi connectivity index (χ3n) is 2.89. The van der Waals surface area contributed by atoms with Crippen LogP contribution >= 0.6 is 0 Å². The van der Waals surface area contributed by atoms with Gasteiger partial charge >= 0.3 is 0 Å². The third-order valence-corrected chi connectivity index (χ3v) is 2.89. The minimum atomic E-state index is -0.982. The molecule has 16 heavy (non-hydrogen) atoms. The zero-order valence-corrected chi connectivity index (χ0v) is 8.39. The van der Waals surface area contributed by atoms with Gasteiger partial charge < -0.3 is 10.8 Å². The second kappa shape index (κ2) is 3.50. The summed E-state index contributed by atoms with van der Waals surface area (Å²) in [5, 5.41) is 20.0. The summed E-state index contributed by atoms with van der Waals surface area (Å²) in [4.78, 5) is 10.2. The van der Waals surface area contributed by atoms with E-state index in [2.05, 4.69) is 0 Å². The Kier molecular flexibility index (Phi) is 2.40. The standard InChI is InChI=1S/C10H11FN2O3/c11-6-1-2-9(13(15)16)8(3-6)10(12)4-7(14)5-10/h1-3,7,14H,4-5,12H2. The highest BCUT2D eigenvalue weighted by atomic mass is 19.1. The van der Waals surface area contributed by atoms with Gasteiger partial charge in [0.15, 0.2) is 0 Å². The van der Waals surface area contributed by atoms with E-state index in [9.17, 15) is 19.6 Å². The third kappa shape index (κ3) is 1.66. The van der Waals surface area contributed by atoms with Gasteiger partial charge in [-0.15, -0.1) is 0 Å². The fraction of sp³-hybridized carbons (Fsp3) is 0.400. The molecule has 2 rings (SSSR count). The van der Waals surface area contributed by atoms with Crippen LogP contribution in [0.2, 0.25) is 0 Å². The largest absolute Gasteiger partial charge is 0.393 e. The van der Waals surface area contributed by atoms with Gasteiger partial charge in [-0.1, -0.05) is 0 Å². The van der Waals surface area contributed by atoms with Crippen molar-refractivity contribution in [1.29, 1.82) is 0 Å². The second-order valence-electron chi connectivity index (χ2n) is 4.14. The van der Waals surface area contributed by atoms with Crippen LogP contribution in [-0.2, 0) is 5.54 Å². The van der Waals surface area contributed by atoms with E-state index in [4.69, 9.17) is 5.73 Å². The van der Waals surface area contributed by atoms with Gasteiger partial charge in [-0.3, -0.25) is 10.1 Å². The Morgan fingerprint density at radius 2 is 2.19 bits per heavy atom. The second-order valence-corrected chi connectivity index (χ2v) is 4.14. The number of hydrogen-bond acceptors (Lipinski definition) is 4. The lowest BCUT2D eigenvalue weighted by molar-refractivity contribution is -0.386. The molecule has 0 radical (unpaired) electrons. The van der Waals surface area contributed by atoms with Crippen LogP contribution in [0, 0.1) is 15.9 Å². The number of nitrogens with two attached hydrogens (primary N) is 1. The van der Waals surface area contributed by atoms with Crippen molar-refractivity contribution in [3.05, 3.63) is 39.7 Å². The molecule has 1 aromatic carbocycles. The Morgan fingerprint density at radius 1 is 1.56 bits per heavy atom. The lowest BCUT2D eigenvalue weighted by Crippen LogP contribution is -2.51. The molecule has 1 fully saturated rings. The topological polar surface area (TPSA) is 89.4 Å². The molecule has 0 bridgehead atoms. The molecule has 6 heteroatoms. The number of rotatable bonds is 2. The fourth-order valence-corrected chi connectivity index (χ4v) is 2.07. The van der Waals surface area contributed by atoms with Crippen molar-refractivity contribution in [2.45, 2.75) is 24.5 Å². The lowest BCUT2D eigenvalue weighted by atomic mass is 9.70. The fourth-order valence-electron chi connectivity index (χ4n) is 2.07. The number of benzene rings is 1. The summed E-state index contributed by atoms with van der Waals surface area (Å²) >= 11 is 0. The SMILES string of the molecule is NC1(c2cc(F)ccc2[N+](=O)[O-])CC(O)C1. The first-order valence-corrected chi connectivity index (χ1v) is 4.84. The van der Waals surface area contributed by atoms with Crippen LogP contribution in [0.3, 0.4) is 0 Å². The van der Waals surface area contributed by atoms with Crippen molar-refractivity contribution in [3.63, 3.8) is 0 Å². The zero-order chi connectivity index (χ0) is 11.9. The van der Waals surface area contributed by atoms with Crippen LogP contribution in [0.5, 0.6) is 0 Å². The predicted molar refractivity (Wildman–Crippen MR) is 54.2 cm³/mol. The average molecular weight is 226 g/mol. The van der Waals surface area contributed by atoms with E-state index < -0.39 is 22.4 Å². The van der Waals surface area contributed by atoms with Gasteiger partial charge in [-0.2, -0.15) is 0 Å². The first-order valence-electron chi connectivity index (χ1n) is 4.84. The molecule has 0 aliphatic heterocycles. The molecule has 1 aromatic rings. The maximum Gasteiger partial charge on any atom is 0.274 e. The Balaban J connectivity index is 2.46. The lowest BCUT2D eigenvalue weighted by Gasteiger charge is -2.42. The highest BCUT2D eigenvalue weighted by Gasteiger charge is 2.45. The van der Waals surface area contributed by atoms with Gasteiger partial charge in [-0.05, 0) is 25.0 Å². The van der Waals surface area contributed by atoms with Crippen LogP contribution in [-0.4, -0.2) is 16.1 Å². The summed E-state index contributed by atoms with van der Waals surface area (Å²) in [5.74, 6) is -0.563. The van der Waals surface area contributed by atoms with E-state index in [1.54, 1.807) is 0 Å². The molecule has 0 aromatic heterocycles. The Hall–Kier alpha value is -1.53. The first-order chi connectivity index (χ1) is 7.42. The van der Waals surface area contributed by atoms with Crippen molar-refractivity contribution in [3.8, 4) is 0 Å². The zero-order valence-electron chi connectivity index (χ0n) is 8.39. The summed E-state index contributed by atoms with van der Waals surface area (Å²) in [5.41, 5.74) is 4.87. The number of nitro benzene ring substituents is 1. The number of aliphatic hydroxyl groups is 1. The Bertz CT molecular complexity index is 444. The normalized spacial score (nSPS) is 28.6. The molecule has 5 nitrogen and oxygen atoms in total. The predicted octanol–water partition coefficient (Wildman–Crippen LogP) is 1.04. The van der Waals surface area contributed by atoms with Crippen LogP contribution in [0.25, 0.3) is 0 Å². The summed E-state index contributed by atoms with van der Waals surface area (Å²) in [6.07, 6.45) is -0.123. The van der Waals surface area contributed by atoms with Gasteiger partial charge in [0, 0.05) is 6.07 Å². The molecule has 0 saturated heterocycles. The number of aliphatic hydroxyl groups excluding tert-OH is 1. The molecule has 0 heterocycles. The van der Waals surface area contributed by atoms with Crippen molar-refractivity contribution in [2.75, 3.05) is 0 Å². The molecule has 0 spiro atoms. The van der Waals surface area contributed by atoms with Crippen LogP contribution in [0.1, 0.15) is 18.4 Å². The highest BCUT2D eigenvalue weighted by Crippen LogP contribution is 2.42. The summed E-state index contributed by atoms with van der Waals surface area (Å²) in [6, 6.07) is 3.20. The molecule has 0 unspecified atom stereocenters. The van der Waals surface area contributed by atoms with E-state index >= 15 is 0 Å². The summed E-state index contributed by atoms with van der Waals surface area (Å²) < 4.78 is 13.1. The van der Waals surface area contributed by atoms with Crippen LogP contribution < -0.4 is 5.73 Å². The summed E-state index contributed by atoms with van der Waals surface area (Å²) in [6.45, 7) is 0. The molecular formula is C10H11FN2O3. The quantitative estimate of drug-likeness (QED) is 0.582. The molecule has 3 N–H and O–H groups in total. The molecule has 1 aliphatic carbocycles. The minimum absolute atomic E-state index is 0.155. The van der Waals surface area contributed by atoms with Crippen molar-refractivity contribution in [2.24, 2.45) is 5.73 Å². The van der Waals surface area contributed by atoms with E-state index in [0.29, 0.717) is 0 Å². The molecular weight excluding hydrogens is 215 g/mol. The first kappa shape index (κ1) is 11.0. The van der Waals surface area contributed by atoms with Crippen molar-refractivity contribution < 1.29 is 14.4 Å². The van der Waals surface area contributed by atoms with Gasteiger partial charge in [0.25, 0.3) is 5.69 Å². The summed E-state index contributed by atoms with van der Waals surface area (Å²) in [7, 11) is 0. The molecule has 1 saturated carbocycles. The Labute approximate surface area is 90.8 Å². The molecule has 1 aliphatic rings. The van der Waals surface area contributed by atoms with E-state index in [1.807, 2.05) is 0 Å². The number of nitro groups is 1. The number of nitrogens with zero attached hydrogens (tertiary/aromatic N) is 1. The van der Waals surface area contributed by atoms with Gasteiger partial charge in [0.2, 0.25) is 0 Å². The average Bonchev–Trinajstić information content (AvgIpc) is 2.14. The maximum absolute atomic E-state index is 13.1. The van der Waals surface area contributed by atoms with Gasteiger partial charge in [0.05, 0.1) is 22.1 Å². The maximum atomic E-state index is 13.1. The minimum Gasteiger partial charge on any atom is -0.393 e. The van der Waals surface area contributed by atoms with Crippen molar-refractivity contribution >= 4 is 5.69 Å².